The number of nitrogens with zero attached hydrogens (tertiary/aromatic N) is 2. The lowest BCUT2D eigenvalue weighted by atomic mass is 9.73. The largest absolute Gasteiger partial charge is 0.459 e. The van der Waals surface area contributed by atoms with E-state index in [1.165, 1.54) is 21.0 Å². The van der Waals surface area contributed by atoms with Crippen LogP contribution < -0.4 is 0 Å². The number of aliphatic hydroxyl groups is 4. The molecule has 61 heavy (non-hydrogen) atoms. The number of rotatable bonds is 14. The predicted molar refractivity (Wildman–Crippen MR) is 222 cm³/mol. The average molecular weight is 879 g/mol. The van der Waals surface area contributed by atoms with Gasteiger partial charge in [0.2, 0.25) is 6.79 Å². The number of oxime groups is 1. The molecule has 0 spiro atoms. The molecule has 3 rings (SSSR count). The number of hydrogen-bond donors (Lipinski definition) is 4. The minimum Gasteiger partial charge on any atom is -0.459 e. The number of esters is 2. The van der Waals surface area contributed by atoms with Crippen LogP contribution in [0.1, 0.15) is 102 Å². The van der Waals surface area contributed by atoms with Gasteiger partial charge >= 0.3 is 11.9 Å². The van der Waals surface area contributed by atoms with E-state index in [-0.39, 0.29) is 50.5 Å². The van der Waals surface area contributed by atoms with Gasteiger partial charge in [0, 0.05) is 45.3 Å². The summed E-state index contributed by atoms with van der Waals surface area (Å²) in [5.74, 6) is -4.82. The monoisotopic (exact) mass is 879 g/mol. The molecule has 3 aliphatic heterocycles. The smallest absolute Gasteiger partial charge is 0.311 e. The molecule has 0 unspecified atom stereocenters. The number of methoxy groups -OCH3 is 2. The molecule has 0 radical (unpaired) electrons. The molecule has 18 atom stereocenters. The van der Waals surface area contributed by atoms with Crippen molar-refractivity contribution < 1.29 is 77.5 Å². The number of ether oxygens (including phenoxy) is 9. The van der Waals surface area contributed by atoms with E-state index in [9.17, 15) is 30.0 Å². The van der Waals surface area contributed by atoms with Crippen LogP contribution in [0.3, 0.4) is 0 Å². The minimum absolute atomic E-state index is 0.0563. The molecule has 3 heterocycles. The molecule has 18 heteroatoms. The van der Waals surface area contributed by atoms with Crippen LogP contribution in [-0.4, -0.2) is 176 Å². The maximum atomic E-state index is 14.4. The van der Waals surface area contributed by atoms with E-state index in [0.29, 0.717) is 13.0 Å². The van der Waals surface area contributed by atoms with Gasteiger partial charge in [-0.05, 0) is 74.9 Å². The first-order valence-electron chi connectivity index (χ1n) is 21.6. The molecule has 3 aliphatic rings. The van der Waals surface area contributed by atoms with Crippen molar-refractivity contribution in [2.45, 2.75) is 186 Å². The lowest BCUT2D eigenvalue weighted by molar-refractivity contribution is -0.318. The summed E-state index contributed by atoms with van der Waals surface area (Å²) in [4.78, 5) is 34.5. The highest BCUT2D eigenvalue weighted by atomic mass is 16.7. The molecular formula is C43H78N2O16. The Morgan fingerprint density at radius 1 is 0.918 bits per heavy atom. The summed E-state index contributed by atoms with van der Waals surface area (Å²) in [6.45, 7) is 18.5. The van der Waals surface area contributed by atoms with Crippen molar-refractivity contribution in [1.29, 1.82) is 0 Å². The van der Waals surface area contributed by atoms with E-state index in [0.717, 1.165) is 0 Å². The van der Waals surface area contributed by atoms with Gasteiger partial charge in [-0.3, -0.25) is 9.59 Å². The molecule has 0 bridgehead atoms. The lowest BCUT2D eigenvalue weighted by Gasteiger charge is -2.49. The second-order valence-electron chi connectivity index (χ2n) is 18.3. The number of carbonyl (C=O) groups is 2. The van der Waals surface area contributed by atoms with Crippen molar-refractivity contribution in [2.75, 3.05) is 48.3 Å². The van der Waals surface area contributed by atoms with Crippen LogP contribution in [0.25, 0.3) is 0 Å². The SMILES string of the molecule is CC[C@H]1OC(=O)[C@H](C)[C@@H](O[C@H]2C[C@@](C)(OC)[C@@H](O)[C@H](C)O2)[C@H](C)[C@@H](O[C@@H]2O[C@H](C)C[C@H](N(C)C)[C@H]2OC(C)=O)[C@](C)(O)C[C@@H](C)C(=NOCOCCOC)[C@H](C)[C@@H](O)[C@]1(C)O. The number of cyclic esters (lactones) is 1. The third-order valence-electron chi connectivity index (χ3n) is 12.9. The number of carbonyl (C=O) groups excluding carboxylic acids is 2. The van der Waals surface area contributed by atoms with E-state index in [4.69, 9.17) is 47.5 Å². The van der Waals surface area contributed by atoms with Crippen LogP contribution in [0.15, 0.2) is 5.16 Å². The average Bonchev–Trinajstić information content (AvgIpc) is 3.18. The molecule has 0 aromatic rings. The zero-order valence-corrected chi connectivity index (χ0v) is 39.2. The van der Waals surface area contributed by atoms with Crippen molar-refractivity contribution >= 4 is 17.7 Å². The predicted octanol–water partition coefficient (Wildman–Crippen LogP) is 2.78. The Labute approximate surface area is 362 Å². The Morgan fingerprint density at radius 3 is 2.15 bits per heavy atom. The molecule has 3 saturated heterocycles. The number of likely N-dealkylation sites (N-methyl/N-ethyl adjacent to an activating group) is 1. The fourth-order valence-corrected chi connectivity index (χ4v) is 9.24. The van der Waals surface area contributed by atoms with Crippen molar-refractivity contribution in [1.82, 2.24) is 4.90 Å². The summed E-state index contributed by atoms with van der Waals surface area (Å²) in [5.41, 5.74) is -4.59. The molecule has 0 saturated carbocycles. The lowest BCUT2D eigenvalue weighted by Crippen LogP contribution is -2.61. The first-order valence-corrected chi connectivity index (χ1v) is 21.6. The number of hydrogen-bond acceptors (Lipinski definition) is 18. The standard InChI is InChI=1S/C43H78N2O16/c1-16-31-43(11,51)36(47)25(4)33(44-55-22-54-18-17-52-14)23(2)20-41(9,50)38(61-40-35(58-29(8)46)30(45(12)13)19-24(3)56-40)26(5)34(27(6)39(49)59-31)60-32-21-42(10,53-15)37(48)28(7)57-32/h23-28,30-32,34-38,40,47-48,50-51H,16-22H2,1-15H3/t23-,24-,25+,26+,27-,28+,30+,31-,32+,34+,35-,36-,37+,38-,40+,41-,42-,43-/m1/s1. The first kappa shape index (κ1) is 53.3. The highest BCUT2D eigenvalue weighted by Crippen LogP contribution is 2.41. The van der Waals surface area contributed by atoms with Crippen molar-refractivity contribution in [3.63, 3.8) is 0 Å². The van der Waals surface area contributed by atoms with E-state index in [2.05, 4.69) is 5.16 Å². The third-order valence-corrected chi connectivity index (χ3v) is 12.9. The van der Waals surface area contributed by atoms with Crippen molar-refractivity contribution in [2.24, 2.45) is 28.8 Å². The van der Waals surface area contributed by atoms with Gasteiger partial charge in [0.1, 0.15) is 17.8 Å². The van der Waals surface area contributed by atoms with Gasteiger partial charge < -0.3 is 72.8 Å². The van der Waals surface area contributed by atoms with Crippen LogP contribution in [-0.2, 0) is 57.1 Å². The summed E-state index contributed by atoms with van der Waals surface area (Å²) in [7, 11) is 6.76. The fourth-order valence-electron chi connectivity index (χ4n) is 9.24. The molecule has 0 aromatic carbocycles. The Morgan fingerprint density at radius 2 is 1.57 bits per heavy atom. The van der Waals surface area contributed by atoms with Crippen molar-refractivity contribution in [3.05, 3.63) is 0 Å². The van der Waals surface area contributed by atoms with Crippen LogP contribution in [0.2, 0.25) is 0 Å². The summed E-state index contributed by atoms with van der Waals surface area (Å²) in [5, 5.41) is 52.2. The maximum Gasteiger partial charge on any atom is 0.311 e. The summed E-state index contributed by atoms with van der Waals surface area (Å²) >= 11 is 0. The van der Waals surface area contributed by atoms with Gasteiger partial charge in [0.05, 0.1) is 72.6 Å². The zero-order valence-electron chi connectivity index (χ0n) is 39.2. The molecule has 0 aliphatic carbocycles. The molecule has 4 N–H and O–H groups in total. The molecule has 356 valence electrons. The summed E-state index contributed by atoms with van der Waals surface area (Å²) in [6, 6.07) is -0.324. The van der Waals surface area contributed by atoms with Gasteiger partial charge in [0.25, 0.3) is 0 Å². The van der Waals surface area contributed by atoms with E-state index < -0.39 is 108 Å². The Hall–Kier alpha value is -2.07. The molecular weight excluding hydrogens is 800 g/mol. The van der Waals surface area contributed by atoms with E-state index >= 15 is 0 Å². The second-order valence-corrected chi connectivity index (χ2v) is 18.3. The molecule has 3 fully saturated rings. The highest BCUT2D eigenvalue weighted by Gasteiger charge is 2.54. The fraction of sp³-hybridized carbons (Fsp3) is 0.930. The summed E-state index contributed by atoms with van der Waals surface area (Å²) in [6.07, 6.45) is -9.58. The van der Waals surface area contributed by atoms with Gasteiger partial charge in [-0.25, -0.2) is 0 Å². The van der Waals surface area contributed by atoms with Crippen LogP contribution >= 0.6 is 0 Å². The zero-order chi connectivity index (χ0) is 46.2. The topological polar surface area (TPSA) is 223 Å². The third kappa shape index (κ3) is 13.3. The molecule has 18 nitrogen and oxygen atoms in total. The Bertz CT molecular complexity index is 1420. The van der Waals surface area contributed by atoms with Crippen LogP contribution in [0, 0.1) is 23.7 Å². The van der Waals surface area contributed by atoms with E-state index in [1.54, 1.807) is 62.5 Å². The van der Waals surface area contributed by atoms with Gasteiger partial charge in [0.15, 0.2) is 18.7 Å². The normalized spacial score (nSPS) is 44.0. The number of aliphatic hydroxyl groups excluding tert-OH is 2. The van der Waals surface area contributed by atoms with Crippen LogP contribution in [0.4, 0.5) is 0 Å². The first-order chi connectivity index (χ1) is 28.4. The maximum absolute atomic E-state index is 14.4. The van der Waals surface area contributed by atoms with Gasteiger partial charge in [-0.1, -0.05) is 32.9 Å². The highest BCUT2D eigenvalue weighted by molar-refractivity contribution is 5.88. The minimum atomic E-state index is -1.98. The van der Waals surface area contributed by atoms with Crippen molar-refractivity contribution in [3.8, 4) is 0 Å². The molecule has 0 amide bonds. The summed E-state index contributed by atoms with van der Waals surface area (Å²) < 4.78 is 54.5. The second kappa shape index (κ2) is 22.7. The Balaban J connectivity index is 2.28. The quantitative estimate of drug-likeness (QED) is 0.0853. The van der Waals surface area contributed by atoms with Gasteiger partial charge in [-0.2, -0.15) is 0 Å². The van der Waals surface area contributed by atoms with E-state index in [1.807, 2.05) is 25.9 Å². The van der Waals surface area contributed by atoms with Gasteiger partial charge in [-0.15, -0.1) is 0 Å². The molecule has 0 aromatic heterocycles. The van der Waals surface area contributed by atoms with Crippen LogP contribution in [0.5, 0.6) is 0 Å². The Kier molecular flexibility index (Phi) is 19.8.